The zero-order chi connectivity index (χ0) is 9.78. The van der Waals surface area contributed by atoms with Crippen molar-refractivity contribution in [2.24, 2.45) is 5.73 Å². The van der Waals surface area contributed by atoms with Crippen LogP contribution in [0.5, 0.6) is 0 Å². The van der Waals surface area contributed by atoms with E-state index in [1.165, 1.54) is 6.26 Å². The van der Waals surface area contributed by atoms with Crippen LogP contribution in [0.25, 0.3) is 0 Å². The van der Waals surface area contributed by atoms with Crippen LogP contribution in [0.15, 0.2) is 0 Å². The number of likely N-dealkylation sites (N-methyl/N-ethyl adjacent to an activating group) is 1. The smallest absolute Gasteiger partial charge is 0.148 e. The zero-order valence-corrected chi connectivity index (χ0v) is 8.91. The lowest BCUT2D eigenvalue weighted by Crippen LogP contribution is -2.32. The molecule has 0 aliphatic heterocycles. The Hall–Kier alpha value is -0.200. The minimum absolute atomic E-state index is 0.145. The summed E-state index contributed by atoms with van der Waals surface area (Å²) in [6.45, 7) is 0.932. The van der Waals surface area contributed by atoms with E-state index in [9.17, 15) is 8.42 Å². The van der Waals surface area contributed by atoms with Crippen LogP contribution < -0.4 is 5.73 Å². The molecule has 6 heteroatoms. The summed E-state index contributed by atoms with van der Waals surface area (Å²) in [4.78, 5) is 2.16. The standard InChI is InChI=1S/C6H14N2O2S2/c1-8(5-6(7)11)3-4-12(2,9)10/h3-5H2,1-2H3,(H2,7,11). The molecule has 72 valence electrons. The second-order valence-electron chi connectivity index (χ2n) is 2.83. The molecule has 0 aromatic carbocycles. The maximum absolute atomic E-state index is 10.7. The molecular formula is C6H14N2O2S2. The molecule has 0 atom stereocenters. The molecule has 12 heavy (non-hydrogen) atoms. The van der Waals surface area contributed by atoms with Crippen molar-refractivity contribution in [3.8, 4) is 0 Å². The minimum Gasteiger partial charge on any atom is -0.392 e. The second-order valence-corrected chi connectivity index (χ2v) is 5.62. The summed E-state index contributed by atoms with van der Waals surface area (Å²) >= 11 is 4.67. The van der Waals surface area contributed by atoms with E-state index in [0.717, 1.165) is 0 Å². The number of thiocarbonyl (C=S) groups is 1. The van der Waals surface area contributed by atoms with Crippen LogP contribution in [-0.2, 0) is 9.84 Å². The Labute approximate surface area is 78.6 Å². The maximum Gasteiger partial charge on any atom is 0.148 e. The van der Waals surface area contributed by atoms with Crippen LogP contribution in [0.3, 0.4) is 0 Å². The first-order valence-corrected chi connectivity index (χ1v) is 5.93. The molecule has 4 nitrogen and oxygen atoms in total. The van der Waals surface area contributed by atoms with E-state index in [1.54, 1.807) is 11.9 Å². The molecule has 0 fully saturated rings. The van der Waals surface area contributed by atoms with Gasteiger partial charge >= 0.3 is 0 Å². The summed E-state index contributed by atoms with van der Waals surface area (Å²) < 4.78 is 21.5. The Morgan fingerprint density at radius 1 is 1.58 bits per heavy atom. The third-order valence-corrected chi connectivity index (χ3v) is 2.32. The Kier molecular flexibility index (Phi) is 4.66. The van der Waals surface area contributed by atoms with E-state index >= 15 is 0 Å². The molecule has 0 unspecified atom stereocenters. The van der Waals surface area contributed by atoms with Crippen molar-refractivity contribution in [2.75, 3.05) is 32.1 Å². The van der Waals surface area contributed by atoms with Gasteiger partial charge in [-0.3, -0.25) is 4.90 Å². The van der Waals surface area contributed by atoms with Crippen molar-refractivity contribution in [3.63, 3.8) is 0 Å². The largest absolute Gasteiger partial charge is 0.392 e. The Morgan fingerprint density at radius 3 is 2.42 bits per heavy atom. The summed E-state index contributed by atoms with van der Waals surface area (Å²) in [5.41, 5.74) is 5.27. The molecule has 0 radical (unpaired) electrons. The molecule has 0 saturated carbocycles. The summed E-state index contributed by atoms with van der Waals surface area (Å²) in [6.07, 6.45) is 1.21. The number of nitrogens with zero attached hydrogens (tertiary/aromatic N) is 1. The summed E-state index contributed by atoms with van der Waals surface area (Å²) in [5.74, 6) is 0.145. The Bertz CT molecular complexity index is 248. The normalized spacial score (nSPS) is 11.9. The van der Waals surface area contributed by atoms with Gasteiger partial charge in [0.25, 0.3) is 0 Å². The molecule has 0 aliphatic carbocycles. The molecule has 0 saturated heterocycles. The van der Waals surface area contributed by atoms with E-state index in [0.29, 0.717) is 18.1 Å². The van der Waals surface area contributed by atoms with E-state index < -0.39 is 9.84 Å². The first-order valence-electron chi connectivity index (χ1n) is 3.46. The van der Waals surface area contributed by atoms with Crippen LogP contribution in [-0.4, -0.2) is 50.5 Å². The SMILES string of the molecule is CN(CCS(C)(=O)=O)CC(N)=S. The monoisotopic (exact) mass is 210 g/mol. The highest BCUT2D eigenvalue weighted by Crippen LogP contribution is 1.87. The fourth-order valence-electron chi connectivity index (χ4n) is 0.667. The molecule has 0 amide bonds. The molecule has 0 aliphatic rings. The van der Waals surface area contributed by atoms with Gasteiger partial charge < -0.3 is 5.73 Å². The first kappa shape index (κ1) is 11.8. The highest BCUT2D eigenvalue weighted by Gasteiger charge is 2.05. The predicted molar refractivity (Wildman–Crippen MR) is 54.0 cm³/mol. The van der Waals surface area contributed by atoms with E-state index in [1.807, 2.05) is 0 Å². The van der Waals surface area contributed by atoms with Gasteiger partial charge in [-0.05, 0) is 7.05 Å². The van der Waals surface area contributed by atoms with E-state index in [2.05, 4.69) is 12.2 Å². The third kappa shape index (κ3) is 7.90. The molecule has 0 rings (SSSR count). The summed E-state index contributed by atoms with van der Waals surface area (Å²) in [7, 11) is -1.10. The first-order chi connectivity index (χ1) is 5.31. The van der Waals surface area contributed by atoms with Gasteiger partial charge in [0, 0.05) is 19.3 Å². The Morgan fingerprint density at radius 2 is 2.08 bits per heavy atom. The van der Waals surface area contributed by atoms with Crippen molar-refractivity contribution in [1.29, 1.82) is 0 Å². The number of hydrogen-bond donors (Lipinski definition) is 1. The molecule has 0 spiro atoms. The molecule has 0 aromatic rings. The molecule has 0 aromatic heterocycles. The summed E-state index contributed by atoms with van der Waals surface area (Å²) in [5, 5.41) is 0. The lowest BCUT2D eigenvalue weighted by atomic mass is 10.5. The lowest BCUT2D eigenvalue weighted by molar-refractivity contribution is 0.404. The zero-order valence-electron chi connectivity index (χ0n) is 7.28. The number of nitrogens with two attached hydrogens (primary N) is 1. The van der Waals surface area contributed by atoms with Gasteiger partial charge in [-0.25, -0.2) is 8.42 Å². The highest BCUT2D eigenvalue weighted by molar-refractivity contribution is 7.90. The third-order valence-electron chi connectivity index (χ3n) is 1.27. The van der Waals surface area contributed by atoms with Crippen LogP contribution in [0.2, 0.25) is 0 Å². The number of rotatable bonds is 5. The van der Waals surface area contributed by atoms with Crippen LogP contribution in [0, 0.1) is 0 Å². The fraction of sp³-hybridized carbons (Fsp3) is 0.833. The van der Waals surface area contributed by atoms with Gasteiger partial charge in [0.05, 0.1) is 10.7 Å². The molecule has 2 N–H and O–H groups in total. The van der Waals surface area contributed by atoms with E-state index in [-0.39, 0.29) is 5.75 Å². The highest BCUT2D eigenvalue weighted by atomic mass is 32.2. The van der Waals surface area contributed by atoms with E-state index in [4.69, 9.17) is 5.73 Å². The number of hydrogen-bond acceptors (Lipinski definition) is 4. The molecular weight excluding hydrogens is 196 g/mol. The van der Waals surface area contributed by atoms with Gasteiger partial charge in [-0.1, -0.05) is 12.2 Å². The van der Waals surface area contributed by atoms with Gasteiger partial charge in [-0.15, -0.1) is 0 Å². The minimum atomic E-state index is -2.88. The summed E-state index contributed by atoms with van der Waals surface area (Å²) in [6, 6.07) is 0. The molecule has 0 bridgehead atoms. The lowest BCUT2D eigenvalue weighted by Gasteiger charge is -2.14. The average molecular weight is 210 g/mol. The molecule has 0 heterocycles. The van der Waals surface area contributed by atoms with Gasteiger partial charge in [0.1, 0.15) is 9.84 Å². The average Bonchev–Trinajstić information content (AvgIpc) is 1.80. The maximum atomic E-state index is 10.7. The van der Waals surface area contributed by atoms with Crippen molar-refractivity contribution in [2.45, 2.75) is 0 Å². The van der Waals surface area contributed by atoms with Gasteiger partial charge in [0.2, 0.25) is 0 Å². The van der Waals surface area contributed by atoms with Gasteiger partial charge in [-0.2, -0.15) is 0 Å². The van der Waals surface area contributed by atoms with Crippen molar-refractivity contribution < 1.29 is 8.42 Å². The quantitative estimate of drug-likeness (QED) is 0.605. The van der Waals surface area contributed by atoms with Crippen molar-refractivity contribution in [1.82, 2.24) is 4.90 Å². The van der Waals surface area contributed by atoms with Crippen LogP contribution in [0.4, 0.5) is 0 Å². The second kappa shape index (κ2) is 4.74. The van der Waals surface area contributed by atoms with Crippen molar-refractivity contribution in [3.05, 3.63) is 0 Å². The fourth-order valence-corrected chi connectivity index (χ4v) is 1.53. The number of sulfone groups is 1. The predicted octanol–water partition coefficient (Wildman–Crippen LogP) is -0.751. The van der Waals surface area contributed by atoms with Crippen molar-refractivity contribution >= 4 is 27.0 Å². The van der Waals surface area contributed by atoms with Gasteiger partial charge in [0.15, 0.2) is 0 Å². The van der Waals surface area contributed by atoms with Crippen LogP contribution in [0.1, 0.15) is 0 Å². The topological polar surface area (TPSA) is 63.4 Å². The van der Waals surface area contributed by atoms with Crippen LogP contribution >= 0.6 is 12.2 Å². The Balaban J connectivity index is 3.72.